The second-order valence-electron chi connectivity index (χ2n) is 4.11. The minimum atomic E-state index is -0.0573. The Morgan fingerprint density at radius 2 is 1.82 bits per heavy atom. The van der Waals surface area contributed by atoms with Crippen LogP contribution in [0, 0.1) is 6.92 Å². The molecule has 0 amide bonds. The molecule has 1 aromatic carbocycles. The number of carbonyl (C=O) groups is 1. The van der Waals surface area contributed by atoms with E-state index in [1.807, 2.05) is 6.92 Å². The first kappa shape index (κ1) is 11.4. The van der Waals surface area contributed by atoms with Gasteiger partial charge in [-0.25, -0.2) is 0 Å². The number of Topliss-reactive ketones (excluding diaryl/α,β-unsaturated/α-hetero) is 1. The van der Waals surface area contributed by atoms with Crippen LogP contribution >= 0.6 is 0 Å². The number of ketones is 1. The first-order valence-electron chi connectivity index (χ1n) is 5.37. The maximum absolute atomic E-state index is 11.9. The summed E-state index contributed by atoms with van der Waals surface area (Å²) in [5.74, 6) is 0.0234. The van der Waals surface area contributed by atoms with Gasteiger partial charge in [0.05, 0.1) is 5.56 Å². The molecular weight excluding hydrogens is 216 g/mol. The van der Waals surface area contributed by atoms with Gasteiger partial charge < -0.3 is 0 Å². The number of aryl methyl sites for hydroxylation is 2. The normalized spacial score (nSPS) is 10.5. The molecule has 17 heavy (non-hydrogen) atoms. The Morgan fingerprint density at radius 3 is 2.24 bits per heavy atom. The van der Waals surface area contributed by atoms with Gasteiger partial charge in [0.15, 0.2) is 5.78 Å². The van der Waals surface area contributed by atoms with Crippen molar-refractivity contribution in [2.75, 3.05) is 0 Å². The molecule has 88 valence electrons. The van der Waals surface area contributed by atoms with Crippen molar-refractivity contribution in [1.82, 2.24) is 9.78 Å². The highest BCUT2D eigenvalue weighted by Gasteiger charge is 2.11. The number of nitrogens with one attached hydrogen (secondary N) is 1. The maximum atomic E-state index is 11.9. The van der Waals surface area contributed by atoms with Gasteiger partial charge in [-0.05, 0) is 19.4 Å². The lowest BCUT2D eigenvalue weighted by Crippen LogP contribution is -2.13. The fraction of sp³-hybridized carbons (Fsp3) is 0.231. The van der Waals surface area contributed by atoms with Gasteiger partial charge in [-0.3, -0.25) is 19.4 Å². The molecular formula is C13H14N2O2. The number of hydrogen-bond acceptors (Lipinski definition) is 2. The van der Waals surface area contributed by atoms with Gasteiger partial charge in [0, 0.05) is 18.3 Å². The number of rotatable bonds is 2. The van der Waals surface area contributed by atoms with E-state index in [1.54, 1.807) is 31.3 Å². The zero-order valence-electron chi connectivity index (χ0n) is 10.1. The molecule has 0 saturated carbocycles. The predicted molar refractivity (Wildman–Crippen MR) is 66.2 cm³/mol. The van der Waals surface area contributed by atoms with Crippen LogP contribution in [-0.2, 0) is 7.05 Å². The zero-order valence-corrected chi connectivity index (χ0v) is 10.1. The lowest BCUT2D eigenvalue weighted by Gasteiger charge is -2.00. The lowest BCUT2D eigenvalue weighted by molar-refractivity contribution is 0.101. The molecule has 0 saturated heterocycles. The van der Waals surface area contributed by atoms with Gasteiger partial charge in [0.25, 0.3) is 5.56 Å². The molecule has 0 radical (unpaired) electrons. The number of nitrogens with zero attached hydrogens (tertiary/aromatic N) is 1. The summed E-state index contributed by atoms with van der Waals surface area (Å²) in [6, 6.07) is 7.08. The van der Waals surface area contributed by atoms with Crippen LogP contribution in [0.5, 0.6) is 0 Å². The van der Waals surface area contributed by atoms with Crippen LogP contribution < -0.4 is 5.56 Å². The first-order valence-corrected chi connectivity index (χ1v) is 5.37. The van der Waals surface area contributed by atoms with Gasteiger partial charge in [0.2, 0.25) is 0 Å². The smallest absolute Gasteiger partial charge is 0.274 e. The van der Waals surface area contributed by atoms with Crippen LogP contribution in [0.25, 0.3) is 11.1 Å². The molecule has 2 aromatic rings. The maximum Gasteiger partial charge on any atom is 0.274 e. The van der Waals surface area contributed by atoms with Crippen molar-refractivity contribution in [2.24, 2.45) is 7.05 Å². The van der Waals surface area contributed by atoms with Crippen LogP contribution in [0.3, 0.4) is 0 Å². The predicted octanol–water partition coefficient (Wildman–Crippen LogP) is 1.89. The monoisotopic (exact) mass is 230 g/mol. The summed E-state index contributed by atoms with van der Waals surface area (Å²) in [4.78, 5) is 23.0. The average Bonchev–Trinajstić information content (AvgIpc) is 2.53. The van der Waals surface area contributed by atoms with Gasteiger partial charge in [0.1, 0.15) is 0 Å². The van der Waals surface area contributed by atoms with E-state index in [4.69, 9.17) is 0 Å². The van der Waals surface area contributed by atoms with E-state index >= 15 is 0 Å². The molecule has 0 aliphatic rings. The molecule has 4 nitrogen and oxygen atoms in total. The van der Waals surface area contributed by atoms with Crippen molar-refractivity contribution >= 4 is 5.78 Å². The van der Waals surface area contributed by atoms with Crippen molar-refractivity contribution < 1.29 is 4.79 Å². The van der Waals surface area contributed by atoms with Crippen LogP contribution in [0.1, 0.15) is 23.0 Å². The Balaban J connectivity index is 2.54. The molecule has 1 heterocycles. The quantitative estimate of drug-likeness (QED) is 0.801. The third-order valence-electron chi connectivity index (χ3n) is 2.81. The Morgan fingerprint density at radius 1 is 1.24 bits per heavy atom. The highest BCUT2D eigenvalue weighted by Crippen LogP contribution is 2.19. The molecule has 1 aromatic heterocycles. The van der Waals surface area contributed by atoms with Gasteiger partial charge in [-0.2, -0.15) is 0 Å². The van der Waals surface area contributed by atoms with E-state index in [0.29, 0.717) is 11.1 Å². The van der Waals surface area contributed by atoms with Crippen LogP contribution in [0.15, 0.2) is 29.1 Å². The molecule has 0 fully saturated rings. The summed E-state index contributed by atoms with van der Waals surface area (Å²) < 4.78 is 1.45. The molecule has 0 aliphatic carbocycles. The van der Waals surface area contributed by atoms with Crippen molar-refractivity contribution in [2.45, 2.75) is 13.8 Å². The van der Waals surface area contributed by atoms with Crippen LogP contribution in [-0.4, -0.2) is 15.6 Å². The van der Waals surface area contributed by atoms with Crippen molar-refractivity contribution in [3.8, 4) is 11.1 Å². The fourth-order valence-corrected chi connectivity index (χ4v) is 1.90. The molecule has 4 heteroatoms. The number of aromatic nitrogens is 2. The minimum absolute atomic E-state index is 0.0234. The Hall–Kier alpha value is -2.10. The van der Waals surface area contributed by atoms with Gasteiger partial charge in [-0.15, -0.1) is 0 Å². The van der Waals surface area contributed by atoms with Crippen molar-refractivity contribution in [1.29, 1.82) is 0 Å². The fourth-order valence-electron chi connectivity index (χ4n) is 1.90. The molecule has 0 aliphatic heterocycles. The van der Waals surface area contributed by atoms with Gasteiger partial charge in [-0.1, -0.05) is 24.3 Å². The van der Waals surface area contributed by atoms with E-state index in [0.717, 1.165) is 11.3 Å². The standard InChI is InChI=1S/C13H14N2O2/c1-8-12(13(17)15(3)14-8)11-6-4-10(5-7-11)9(2)16/h4-7,14H,1-3H3. The molecule has 0 atom stereocenters. The molecule has 1 N–H and O–H groups in total. The number of hydrogen-bond donors (Lipinski definition) is 1. The summed E-state index contributed by atoms with van der Waals surface area (Å²) in [5, 5.41) is 2.95. The number of benzene rings is 1. The highest BCUT2D eigenvalue weighted by atomic mass is 16.1. The molecule has 0 unspecified atom stereocenters. The summed E-state index contributed by atoms with van der Waals surface area (Å²) >= 11 is 0. The summed E-state index contributed by atoms with van der Waals surface area (Å²) in [5.41, 5.74) is 2.90. The molecule has 0 bridgehead atoms. The number of H-pyrrole nitrogens is 1. The zero-order chi connectivity index (χ0) is 12.6. The Labute approximate surface area is 98.9 Å². The topological polar surface area (TPSA) is 54.9 Å². The largest absolute Gasteiger partial charge is 0.300 e. The third kappa shape index (κ3) is 1.93. The number of aromatic amines is 1. The summed E-state index contributed by atoms with van der Waals surface area (Å²) in [7, 11) is 1.68. The lowest BCUT2D eigenvalue weighted by atomic mass is 10.0. The van der Waals surface area contributed by atoms with E-state index in [9.17, 15) is 9.59 Å². The number of carbonyl (C=O) groups excluding carboxylic acids is 1. The van der Waals surface area contributed by atoms with Crippen molar-refractivity contribution in [3.63, 3.8) is 0 Å². The van der Waals surface area contributed by atoms with E-state index in [-0.39, 0.29) is 11.3 Å². The highest BCUT2D eigenvalue weighted by molar-refractivity contribution is 5.94. The summed E-state index contributed by atoms with van der Waals surface area (Å²) in [6.45, 7) is 3.38. The molecule has 2 rings (SSSR count). The SMILES string of the molecule is CC(=O)c1ccc(-c2c(C)[nH]n(C)c2=O)cc1. The van der Waals surface area contributed by atoms with Gasteiger partial charge >= 0.3 is 0 Å². The second-order valence-corrected chi connectivity index (χ2v) is 4.11. The Bertz CT molecular complexity index is 618. The minimum Gasteiger partial charge on any atom is -0.300 e. The van der Waals surface area contributed by atoms with Crippen LogP contribution in [0.2, 0.25) is 0 Å². The second kappa shape index (κ2) is 4.05. The average molecular weight is 230 g/mol. The van der Waals surface area contributed by atoms with E-state index in [2.05, 4.69) is 5.10 Å². The van der Waals surface area contributed by atoms with E-state index < -0.39 is 0 Å². The summed E-state index contributed by atoms with van der Waals surface area (Å²) in [6.07, 6.45) is 0. The Kier molecular flexibility index (Phi) is 2.71. The first-order chi connectivity index (χ1) is 8.00. The molecule has 0 spiro atoms. The van der Waals surface area contributed by atoms with Crippen LogP contribution in [0.4, 0.5) is 0 Å². The third-order valence-corrected chi connectivity index (χ3v) is 2.81. The van der Waals surface area contributed by atoms with E-state index in [1.165, 1.54) is 11.6 Å². The van der Waals surface area contributed by atoms with Crippen molar-refractivity contribution in [3.05, 3.63) is 45.9 Å².